The molecule has 1 aliphatic heterocycles. The molecule has 0 spiro atoms. The molecule has 0 aliphatic carbocycles. The standard InChI is InChI=1S/C27H22BrN3O6/c1-2-36-22-15-17(14-21(28)24(22)37-16-23(32)29-18-9-5-3-6-10-18)13-20-25(33)30-27(35)31(26(20)34)19-11-7-4-8-12-19/h3-15H,2,16H2,1H3,(H,29,32)(H,30,33,35)/b20-13+. The molecule has 0 aromatic heterocycles. The van der Waals surface area contributed by atoms with E-state index in [0.717, 1.165) is 4.90 Å². The Labute approximate surface area is 221 Å². The van der Waals surface area contributed by atoms with E-state index in [0.29, 0.717) is 33.8 Å². The summed E-state index contributed by atoms with van der Waals surface area (Å²) in [6, 6.07) is 19.6. The fourth-order valence-corrected chi connectivity index (χ4v) is 4.14. The van der Waals surface area contributed by atoms with Crippen LogP contribution in [0.3, 0.4) is 0 Å². The van der Waals surface area contributed by atoms with Gasteiger partial charge in [-0.2, -0.15) is 0 Å². The van der Waals surface area contributed by atoms with Gasteiger partial charge < -0.3 is 14.8 Å². The molecule has 5 amide bonds. The summed E-state index contributed by atoms with van der Waals surface area (Å²) in [5.41, 5.74) is 1.18. The van der Waals surface area contributed by atoms with Gasteiger partial charge in [0, 0.05) is 5.69 Å². The summed E-state index contributed by atoms with van der Waals surface area (Å²) in [6.07, 6.45) is 1.36. The smallest absolute Gasteiger partial charge is 0.335 e. The number of nitrogens with one attached hydrogen (secondary N) is 2. The van der Waals surface area contributed by atoms with Gasteiger partial charge in [0.05, 0.1) is 16.8 Å². The van der Waals surface area contributed by atoms with Crippen LogP contribution in [0.2, 0.25) is 0 Å². The largest absolute Gasteiger partial charge is 0.490 e. The van der Waals surface area contributed by atoms with Gasteiger partial charge in [-0.25, -0.2) is 9.69 Å². The number of amides is 5. The van der Waals surface area contributed by atoms with E-state index in [1.807, 2.05) is 6.07 Å². The maximum Gasteiger partial charge on any atom is 0.335 e. The maximum atomic E-state index is 13.1. The monoisotopic (exact) mass is 563 g/mol. The number of hydrogen-bond acceptors (Lipinski definition) is 6. The molecule has 0 saturated carbocycles. The third kappa shape index (κ3) is 6.04. The van der Waals surface area contributed by atoms with Gasteiger partial charge in [-0.05, 0) is 70.9 Å². The molecular formula is C27H22BrN3O6. The second kappa shape index (κ2) is 11.5. The van der Waals surface area contributed by atoms with Crippen molar-refractivity contribution in [1.82, 2.24) is 5.32 Å². The molecule has 1 saturated heterocycles. The number of halogens is 1. The number of hydrogen-bond donors (Lipinski definition) is 2. The van der Waals surface area contributed by atoms with E-state index in [2.05, 4.69) is 26.6 Å². The quantitative estimate of drug-likeness (QED) is 0.307. The predicted octanol–water partition coefficient (Wildman–Crippen LogP) is 4.53. The molecule has 3 aromatic carbocycles. The number of anilines is 2. The lowest BCUT2D eigenvalue weighted by Crippen LogP contribution is -2.54. The van der Waals surface area contributed by atoms with Crippen LogP contribution in [0.5, 0.6) is 11.5 Å². The molecule has 0 unspecified atom stereocenters. The van der Waals surface area contributed by atoms with Gasteiger partial charge in [-0.3, -0.25) is 19.7 Å². The first kappa shape index (κ1) is 25.6. The van der Waals surface area contributed by atoms with Crippen molar-refractivity contribution in [2.24, 2.45) is 0 Å². The Morgan fingerprint density at radius 1 is 1.00 bits per heavy atom. The van der Waals surface area contributed by atoms with Crippen molar-refractivity contribution < 1.29 is 28.7 Å². The van der Waals surface area contributed by atoms with Gasteiger partial charge in [0.1, 0.15) is 5.57 Å². The van der Waals surface area contributed by atoms with E-state index in [9.17, 15) is 19.2 Å². The van der Waals surface area contributed by atoms with Crippen LogP contribution in [0.4, 0.5) is 16.2 Å². The summed E-state index contributed by atoms with van der Waals surface area (Å²) in [6.45, 7) is 1.81. The van der Waals surface area contributed by atoms with Gasteiger partial charge >= 0.3 is 6.03 Å². The second-order valence-corrected chi connectivity index (χ2v) is 8.61. The van der Waals surface area contributed by atoms with Crippen LogP contribution in [-0.4, -0.2) is 37.0 Å². The van der Waals surface area contributed by atoms with Crippen LogP contribution in [0.15, 0.2) is 82.8 Å². The van der Waals surface area contributed by atoms with Crippen LogP contribution in [-0.2, 0) is 14.4 Å². The zero-order chi connectivity index (χ0) is 26.4. The van der Waals surface area contributed by atoms with Crippen molar-refractivity contribution in [3.8, 4) is 11.5 Å². The zero-order valence-corrected chi connectivity index (χ0v) is 21.3. The molecule has 1 heterocycles. The highest BCUT2D eigenvalue weighted by molar-refractivity contribution is 9.10. The molecule has 4 rings (SSSR count). The predicted molar refractivity (Wildman–Crippen MR) is 141 cm³/mol. The number of benzene rings is 3. The summed E-state index contributed by atoms with van der Waals surface area (Å²) in [7, 11) is 0. The lowest BCUT2D eigenvalue weighted by atomic mass is 10.1. The van der Waals surface area contributed by atoms with Crippen LogP contribution < -0.4 is 25.0 Å². The molecule has 1 aliphatic rings. The van der Waals surface area contributed by atoms with Gasteiger partial charge in [-0.15, -0.1) is 0 Å². The highest BCUT2D eigenvalue weighted by atomic mass is 79.9. The van der Waals surface area contributed by atoms with Gasteiger partial charge in [0.2, 0.25) is 0 Å². The third-order valence-electron chi connectivity index (χ3n) is 5.16. The van der Waals surface area contributed by atoms with E-state index in [1.54, 1.807) is 73.7 Å². The van der Waals surface area contributed by atoms with Gasteiger partial charge in [-0.1, -0.05) is 36.4 Å². The van der Waals surface area contributed by atoms with Crippen LogP contribution in [0.25, 0.3) is 6.08 Å². The highest BCUT2D eigenvalue weighted by Crippen LogP contribution is 2.38. The third-order valence-corrected chi connectivity index (χ3v) is 5.75. The number of carbonyl (C=O) groups is 4. The fraction of sp³-hybridized carbons (Fsp3) is 0.111. The number of barbiturate groups is 1. The number of imide groups is 2. The van der Waals surface area contributed by atoms with Crippen molar-refractivity contribution in [1.29, 1.82) is 0 Å². The van der Waals surface area contributed by atoms with E-state index in [4.69, 9.17) is 9.47 Å². The number of rotatable bonds is 8. The average Bonchev–Trinajstić information content (AvgIpc) is 2.87. The lowest BCUT2D eigenvalue weighted by Gasteiger charge is -2.26. The summed E-state index contributed by atoms with van der Waals surface area (Å²) in [5.74, 6) is -1.34. The van der Waals surface area contributed by atoms with E-state index in [-0.39, 0.29) is 23.8 Å². The van der Waals surface area contributed by atoms with E-state index >= 15 is 0 Å². The molecule has 0 bridgehead atoms. The molecule has 1 fully saturated rings. The van der Waals surface area contributed by atoms with Crippen molar-refractivity contribution in [3.05, 3.63) is 88.4 Å². The molecular weight excluding hydrogens is 542 g/mol. The molecule has 188 valence electrons. The Morgan fingerprint density at radius 3 is 2.35 bits per heavy atom. The number of urea groups is 1. The van der Waals surface area contributed by atoms with Crippen molar-refractivity contribution in [2.75, 3.05) is 23.4 Å². The number of nitrogens with zero attached hydrogens (tertiary/aromatic N) is 1. The second-order valence-electron chi connectivity index (χ2n) is 7.76. The number of carbonyl (C=O) groups excluding carboxylic acids is 4. The normalized spacial score (nSPS) is 14.4. The molecule has 3 aromatic rings. The van der Waals surface area contributed by atoms with Gasteiger partial charge in [0.15, 0.2) is 18.1 Å². The molecule has 9 nitrogen and oxygen atoms in total. The topological polar surface area (TPSA) is 114 Å². The lowest BCUT2D eigenvalue weighted by molar-refractivity contribution is -0.122. The first-order valence-corrected chi connectivity index (χ1v) is 12.1. The first-order valence-electron chi connectivity index (χ1n) is 11.3. The van der Waals surface area contributed by atoms with Crippen LogP contribution >= 0.6 is 15.9 Å². The van der Waals surface area contributed by atoms with Crippen molar-refractivity contribution in [2.45, 2.75) is 6.92 Å². The maximum absolute atomic E-state index is 13.1. The molecule has 0 radical (unpaired) electrons. The van der Waals surface area contributed by atoms with Crippen molar-refractivity contribution in [3.63, 3.8) is 0 Å². The summed E-state index contributed by atoms with van der Waals surface area (Å²) >= 11 is 3.42. The fourth-order valence-electron chi connectivity index (χ4n) is 3.57. The number of para-hydroxylation sites is 2. The summed E-state index contributed by atoms with van der Waals surface area (Å²) < 4.78 is 11.9. The molecule has 10 heteroatoms. The Morgan fingerprint density at radius 2 is 1.68 bits per heavy atom. The van der Waals surface area contributed by atoms with Crippen LogP contribution in [0, 0.1) is 0 Å². The minimum atomic E-state index is -0.827. The zero-order valence-electron chi connectivity index (χ0n) is 19.7. The Hall–Kier alpha value is -4.44. The van der Waals surface area contributed by atoms with Gasteiger partial charge in [0.25, 0.3) is 17.7 Å². The van der Waals surface area contributed by atoms with E-state index in [1.165, 1.54) is 6.08 Å². The van der Waals surface area contributed by atoms with Crippen molar-refractivity contribution >= 4 is 57.1 Å². The summed E-state index contributed by atoms with van der Waals surface area (Å²) in [4.78, 5) is 51.2. The summed E-state index contributed by atoms with van der Waals surface area (Å²) in [5, 5.41) is 4.93. The van der Waals surface area contributed by atoms with E-state index < -0.39 is 17.8 Å². The first-order chi connectivity index (χ1) is 17.9. The average molecular weight is 564 g/mol. The Balaban J connectivity index is 1.58. The number of ether oxygens (including phenoxy) is 2. The highest BCUT2D eigenvalue weighted by Gasteiger charge is 2.36. The molecule has 0 atom stereocenters. The van der Waals surface area contributed by atoms with Crippen LogP contribution in [0.1, 0.15) is 12.5 Å². The Kier molecular flexibility index (Phi) is 7.99. The molecule has 37 heavy (non-hydrogen) atoms. The SMILES string of the molecule is CCOc1cc(/C=C2\C(=O)NC(=O)N(c3ccccc3)C2=O)cc(Br)c1OCC(=O)Nc1ccccc1. The minimum absolute atomic E-state index is 0.228. The molecule has 2 N–H and O–H groups in total. The minimum Gasteiger partial charge on any atom is -0.490 e. The Bertz CT molecular complexity index is 1380.